The Morgan fingerprint density at radius 2 is 1.83 bits per heavy atom. The van der Waals surface area contributed by atoms with Crippen molar-refractivity contribution in [2.24, 2.45) is 0 Å². The molecule has 4 aromatic rings. The van der Waals surface area contributed by atoms with Crippen molar-refractivity contribution in [3.63, 3.8) is 0 Å². The Bertz CT molecular complexity index is 1450. The maximum absolute atomic E-state index is 13.0. The second-order valence-electron chi connectivity index (χ2n) is 8.92. The summed E-state index contributed by atoms with van der Waals surface area (Å²) >= 11 is 6.36. The molecule has 182 valence electrons. The Balaban J connectivity index is 1.64. The molecule has 1 N–H and O–H groups in total. The van der Waals surface area contributed by atoms with E-state index in [1.54, 1.807) is 10.7 Å². The lowest BCUT2D eigenvalue weighted by Crippen LogP contribution is -2.32. The van der Waals surface area contributed by atoms with Gasteiger partial charge in [-0.05, 0) is 75.6 Å². The number of aromatic nitrogens is 3. The standard InChI is InChI=1S/C27H29ClN4O3/c1-16(2)35-21-11-9-20(10-12-21)14-29-24(33)15-31-25(34)13-17(3)26-19(5)30-32(27(26)31)23-8-6-7-22(28)18(23)4/h6-13,16H,14-15H2,1-5H3,(H,29,33). The molecule has 8 heteroatoms. The van der Waals surface area contributed by atoms with Crippen LogP contribution in [0.4, 0.5) is 0 Å². The van der Waals surface area contributed by atoms with E-state index in [1.807, 2.05) is 77.1 Å². The maximum atomic E-state index is 13.0. The average Bonchev–Trinajstić information content (AvgIpc) is 3.15. The summed E-state index contributed by atoms with van der Waals surface area (Å²) in [7, 11) is 0. The molecular formula is C27H29ClN4O3. The van der Waals surface area contributed by atoms with Crippen LogP contribution in [0.15, 0.2) is 53.3 Å². The highest BCUT2D eigenvalue weighted by atomic mass is 35.5. The molecule has 0 radical (unpaired) electrons. The number of carbonyl (C=O) groups excluding carboxylic acids is 1. The first-order valence-corrected chi connectivity index (χ1v) is 11.9. The van der Waals surface area contributed by atoms with Gasteiger partial charge in [0.15, 0.2) is 0 Å². The molecule has 0 bridgehead atoms. The predicted molar refractivity (Wildman–Crippen MR) is 139 cm³/mol. The van der Waals surface area contributed by atoms with Gasteiger partial charge in [0, 0.05) is 23.0 Å². The maximum Gasteiger partial charge on any atom is 0.252 e. The fourth-order valence-electron chi connectivity index (χ4n) is 4.17. The summed E-state index contributed by atoms with van der Waals surface area (Å²) in [4.78, 5) is 25.9. The molecule has 2 aromatic carbocycles. The van der Waals surface area contributed by atoms with Gasteiger partial charge in [-0.3, -0.25) is 14.2 Å². The van der Waals surface area contributed by atoms with Crippen molar-refractivity contribution in [1.82, 2.24) is 19.7 Å². The van der Waals surface area contributed by atoms with Crippen molar-refractivity contribution in [3.8, 4) is 11.4 Å². The van der Waals surface area contributed by atoms with Crippen LogP contribution < -0.4 is 15.6 Å². The quantitative estimate of drug-likeness (QED) is 0.399. The Kier molecular flexibility index (Phi) is 6.98. The van der Waals surface area contributed by atoms with E-state index in [4.69, 9.17) is 21.4 Å². The largest absolute Gasteiger partial charge is 0.491 e. The zero-order chi connectivity index (χ0) is 25.3. The lowest BCUT2D eigenvalue weighted by molar-refractivity contribution is -0.121. The number of ether oxygens (including phenoxy) is 1. The summed E-state index contributed by atoms with van der Waals surface area (Å²) in [5.74, 6) is 0.511. The van der Waals surface area contributed by atoms with Gasteiger partial charge in [0.2, 0.25) is 5.91 Å². The van der Waals surface area contributed by atoms with E-state index in [2.05, 4.69) is 5.32 Å². The molecule has 35 heavy (non-hydrogen) atoms. The number of nitrogens with zero attached hydrogens (tertiary/aromatic N) is 3. The molecule has 0 saturated carbocycles. The van der Waals surface area contributed by atoms with Gasteiger partial charge in [0.05, 0.1) is 17.5 Å². The Morgan fingerprint density at radius 3 is 2.51 bits per heavy atom. The van der Waals surface area contributed by atoms with Gasteiger partial charge in [-0.25, -0.2) is 4.68 Å². The molecule has 0 unspecified atom stereocenters. The molecule has 0 spiro atoms. The van der Waals surface area contributed by atoms with E-state index in [-0.39, 0.29) is 24.1 Å². The van der Waals surface area contributed by atoms with Crippen molar-refractivity contribution >= 4 is 28.5 Å². The SMILES string of the molecule is Cc1c(Cl)cccc1-n1nc(C)c2c(C)cc(=O)n(CC(=O)NCc3ccc(OC(C)C)cc3)c21. The van der Waals surface area contributed by atoms with Gasteiger partial charge in [0.25, 0.3) is 5.56 Å². The van der Waals surface area contributed by atoms with Crippen LogP contribution in [-0.4, -0.2) is 26.4 Å². The lowest BCUT2D eigenvalue weighted by atomic mass is 10.1. The zero-order valence-corrected chi connectivity index (χ0v) is 21.3. The zero-order valence-electron chi connectivity index (χ0n) is 20.6. The third kappa shape index (κ3) is 5.10. The molecule has 2 heterocycles. The molecule has 4 rings (SSSR count). The minimum atomic E-state index is -0.270. The van der Waals surface area contributed by atoms with Gasteiger partial charge < -0.3 is 10.1 Å². The van der Waals surface area contributed by atoms with Gasteiger partial charge in [-0.2, -0.15) is 5.10 Å². The summed E-state index contributed by atoms with van der Waals surface area (Å²) in [6.45, 7) is 9.84. The summed E-state index contributed by atoms with van der Waals surface area (Å²) in [5.41, 5.74) is 4.44. The fraction of sp³-hybridized carbons (Fsp3) is 0.296. The third-order valence-corrected chi connectivity index (χ3v) is 6.26. The smallest absolute Gasteiger partial charge is 0.252 e. The first-order valence-electron chi connectivity index (χ1n) is 11.5. The predicted octanol–water partition coefficient (Wildman–Crippen LogP) is 4.87. The minimum absolute atomic E-state index is 0.0954. The average molecular weight is 493 g/mol. The van der Waals surface area contributed by atoms with Crippen LogP contribution >= 0.6 is 11.6 Å². The number of nitrogens with one attached hydrogen (secondary N) is 1. The number of amides is 1. The van der Waals surface area contributed by atoms with Crippen molar-refractivity contribution < 1.29 is 9.53 Å². The van der Waals surface area contributed by atoms with Crippen molar-refractivity contribution in [2.75, 3.05) is 0 Å². The molecular weight excluding hydrogens is 464 g/mol. The number of halogens is 1. The lowest BCUT2D eigenvalue weighted by Gasteiger charge is -2.14. The van der Waals surface area contributed by atoms with E-state index in [0.717, 1.165) is 39.2 Å². The number of fused-ring (bicyclic) bond motifs is 1. The highest BCUT2D eigenvalue weighted by Gasteiger charge is 2.20. The van der Waals surface area contributed by atoms with E-state index in [9.17, 15) is 9.59 Å². The van der Waals surface area contributed by atoms with Crippen LogP contribution in [0.25, 0.3) is 16.7 Å². The number of hydrogen-bond acceptors (Lipinski definition) is 4. The van der Waals surface area contributed by atoms with Crippen LogP contribution in [0.1, 0.15) is 36.2 Å². The van der Waals surface area contributed by atoms with Gasteiger partial charge in [0.1, 0.15) is 17.9 Å². The second-order valence-corrected chi connectivity index (χ2v) is 9.33. The molecule has 0 fully saturated rings. The molecule has 0 aliphatic heterocycles. The first-order chi connectivity index (χ1) is 16.7. The summed E-state index contributed by atoms with van der Waals surface area (Å²) in [5, 5.41) is 9.07. The monoisotopic (exact) mass is 492 g/mol. The second kappa shape index (κ2) is 9.96. The normalized spacial score (nSPS) is 11.3. The number of carbonyl (C=O) groups is 1. The van der Waals surface area contributed by atoms with Crippen molar-refractivity contribution in [2.45, 2.75) is 53.8 Å². The highest BCUT2D eigenvalue weighted by molar-refractivity contribution is 6.31. The Hall–Kier alpha value is -3.58. The number of pyridine rings is 1. The number of aryl methyl sites for hydroxylation is 2. The molecule has 0 aliphatic carbocycles. The Morgan fingerprint density at radius 1 is 1.11 bits per heavy atom. The minimum Gasteiger partial charge on any atom is -0.491 e. The van der Waals surface area contributed by atoms with E-state index < -0.39 is 0 Å². The topological polar surface area (TPSA) is 78.2 Å². The first kappa shape index (κ1) is 24.5. The molecule has 1 amide bonds. The van der Waals surface area contributed by atoms with Crippen molar-refractivity contribution in [3.05, 3.63) is 86.3 Å². The van der Waals surface area contributed by atoms with Crippen LogP contribution in [-0.2, 0) is 17.9 Å². The number of benzene rings is 2. The third-order valence-electron chi connectivity index (χ3n) is 5.85. The van der Waals surface area contributed by atoms with Gasteiger partial charge in [-0.1, -0.05) is 29.8 Å². The number of hydrogen-bond donors (Lipinski definition) is 1. The summed E-state index contributed by atoms with van der Waals surface area (Å²) < 4.78 is 8.84. The van der Waals surface area contributed by atoms with E-state index in [1.165, 1.54) is 4.57 Å². The van der Waals surface area contributed by atoms with Crippen LogP contribution in [0.3, 0.4) is 0 Å². The van der Waals surface area contributed by atoms with Crippen LogP contribution in [0, 0.1) is 20.8 Å². The van der Waals surface area contributed by atoms with E-state index >= 15 is 0 Å². The van der Waals surface area contributed by atoms with Crippen LogP contribution in [0.2, 0.25) is 5.02 Å². The Labute approximate surface area is 209 Å². The summed E-state index contributed by atoms with van der Waals surface area (Å²) in [6, 6.07) is 14.7. The molecule has 0 aliphatic rings. The molecule has 0 atom stereocenters. The van der Waals surface area contributed by atoms with Gasteiger partial charge >= 0.3 is 0 Å². The van der Waals surface area contributed by atoms with Gasteiger partial charge in [-0.15, -0.1) is 0 Å². The van der Waals surface area contributed by atoms with Crippen LogP contribution in [0.5, 0.6) is 5.75 Å². The number of rotatable bonds is 7. The van der Waals surface area contributed by atoms with E-state index in [0.29, 0.717) is 17.2 Å². The molecule has 0 saturated heterocycles. The fourth-order valence-corrected chi connectivity index (χ4v) is 4.34. The van der Waals surface area contributed by atoms with Crippen molar-refractivity contribution in [1.29, 1.82) is 0 Å². The highest BCUT2D eigenvalue weighted by Crippen LogP contribution is 2.28. The summed E-state index contributed by atoms with van der Waals surface area (Å²) in [6.07, 6.45) is 0.0954. The molecule has 7 nitrogen and oxygen atoms in total. The molecule has 2 aromatic heterocycles.